The van der Waals surface area contributed by atoms with Crippen LogP contribution in [0.2, 0.25) is 0 Å². The molecule has 4 rings (SSSR count). The van der Waals surface area contributed by atoms with Gasteiger partial charge in [0.2, 0.25) is 0 Å². The summed E-state index contributed by atoms with van der Waals surface area (Å²) in [6.07, 6.45) is 7.83. The summed E-state index contributed by atoms with van der Waals surface area (Å²) in [6, 6.07) is 15.6. The molecule has 2 aromatic carbocycles. The third-order valence-corrected chi connectivity index (χ3v) is 5.39. The number of imidazole rings is 1. The molecule has 0 N–H and O–H groups in total. The Morgan fingerprint density at radius 1 is 1.00 bits per heavy atom. The Balaban J connectivity index is 1.79. The Morgan fingerprint density at radius 2 is 1.75 bits per heavy atom. The largest absolute Gasteiger partial charge is 0.435 e. The van der Waals surface area contributed by atoms with E-state index in [1.807, 2.05) is 12.1 Å². The van der Waals surface area contributed by atoms with E-state index in [2.05, 4.69) is 51.3 Å². The molecule has 0 aliphatic carbocycles. The third-order valence-electron chi connectivity index (χ3n) is 5.39. The molecule has 2 heterocycles. The van der Waals surface area contributed by atoms with E-state index in [4.69, 9.17) is 0 Å². The summed E-state index contributed by atoms with van der Waals surface area (Å²) in [4.78, 5) is 0. The zero-order valence-electron chi connectivity index (χ0n) is 16.1. The Hall–Kier alpha value is -2.69. The minimum atomic E-state index is -2.81. The summed E-state index contributed by atoms with van der Waals surface area (Å²) in [7, 11) is 0. The zero-order chi connectivity index (χ0) is 19.5. The first-order valence-electron chi connectivity index (χ1n) is 9.94. The lowest BCUT2D eigenvalue weighted by Crippen LogP contribution is -2.35. The lowest BCUT2D eigenvalue weighted by Gasteiger charge is -2.08. The average Bonchev–Trinajstić information content (AvgIpc) is 2.90. The Kier molecular flexibility index (Phi) is 5.42. The normalized spacial score (nSPS) is 14.0. The van der Waals surface area contributed by atoms with Crippen molar-refractivity contribution in [2.45, 2.75) is 52.2 Å². The molecule has 0 saturated heterocycles. The molecule has 0 radical (unpaired) electrons. The van der Waals surface area contributed by atoms with Gasteiger partial charge in [0.15, 0.2) is 5.69 Å². The van der Waals surface area contributed by atoms with E-state index in [1.54, 1.807) is 12.1 Å². The highest BCUT2D eigenvalue weighted by Crippen LogP contribution is 2.28. The molecule has 5 heteroatoms. The maximum absolute atomic E-state index is 12.5. The number of benzene rings is 2. The Labute approximate surface area is 164 Å². The molecular formula is C23H25F2N2O+. The molecule has 3 aromatic rings. The van der Waals surface area contributed by atoms with Crippen LogP contribution in [0.25, 0.3) is 16.9 Å². The summed E-state index contributed by atoms with van der Waals surface area (Å²) in [5, 5.41) is 0. The zero-order valence-corrected chi connectivity index (χ0v) is 16.1. The van der Waals surface area contributed by atoms with Crippen LogP contribution in [-0.2, 0) is 19.4 Å². The van der Waals surface area contributed by atoms with E-state index < -0.39 is 6.61 Å². The summed E-state index contributed by atoms with van der Waals surface area (Å²) >= 11 is 0. The van der Waals surface area contributed by atoms with E-state index in [0.717, 1.165) is 36.3 Å². The summed E-state index contributed by atoms with van der Waals surface area (Å²) in [6.45, 7) is 0.356. The molecule has 146 valence electrons. The maximum Gasteiger partial charge on any atom is 0.387 e. The SMILES string of the molecule is CCc1ccc(-n2c(-c3ccc(OC(F)F)cc3)c[n+]3c2CCCCC3)cc1. The number of nitrogens with zero attached hydrogens (tertiary/aromatic N) is 2. The topological polar surface area (TPSA) is 18.0 Å². The van der Waals surface area contributed by atoms with E-state index in [0.29, 0.717) is 0 Å². The molecule has 0 atom stereocenters. The van der Waals surface area contributed by atoms with E-state index in [9.17, 15) is 8.78 Å². The van der Waals surface area contributed by atoms with Gasteiger partial charge in [-0.15, -0.1) is 0 Å². The number of hydrogen-bond acceptors (Lipinski definition) is 1. The van der Waals surface area contributed by atoms with Gasteiger partial charge in [0, 0.05) is 12.0 Å². The second-order valence-corrected chi connectivity index (χ2v) is 7.19. The number of alkyl halides is 2. The molecule has 28 heavy (non-hydrogen) atoms. The molecule has 0 fully saturated rings. The highest BCUT2D eigenvalue weighted by Gasteiger charge is 2.27. The van der Waals surface area contributed by atoms with Crippen molar-refractivity contribution in [3.63, 3.8) is 0 Å². The predicted octanol–water partition coefficient (Wildman–Crippen LogP) is 5.32. The second kappa shape index (κ2) is 8.13. The molecule has 0 spiro atoms. The minimum absolute atomic E-state index is 0.179. The van der Waals surface area contributed by atoms with Crippen LogP contribution in [-0.4, -0.2) is 11.2 Å². The third kappa shape index (κ3) is 3.79. The van der Waals surface area contributed by atoms with Gasteiger partial charge in [-0.25, -0.2) is 4.57 Å². The van der Waals surface area contributed by atoms with Crippen molar-refractivity contribution in [1.29, 1.82) is 0 Å². The van der Waals surface area contributed by atoms with Gasteiger partial charge < -0.3 is 4.74 Å². The van der Waals surface area contributed by atoms with Crippen LogP contribution in [0.3, 0.4) is 0 Å². The lowest BCUT2D eigenvalue weighted by molar-refractivity contribution is -0.702. The van der Waals surface area contributed by atoms with Crippen LogP contribution in [0, 0.1) is 0 Å². The molecule has 0 saturated carbocycles. The maximum atomic E-state index is 12.5. The van der Waals surface area contributed by atoms with Gasteiger partial charge in [0.25, 0.3) is 5.82 Å². The molecule has 0 amide bonds. The molecule has 3 nitrogen and oxygen atoms in total. The number of halogens is 2. The van der Waals surface area contributed by atoms with Gasteiger partial charge in [0.1, 0.15) is 17.6 Å². The molecule has 1 aliphatic heterocycles. The fourth-order valence-electron chi connectivity index (χ4n) is 3.92. The summed E-state index contributed by atoms with van der Waals surface area (Å²) in [5.41, 5.74) is 4.51. The van der Waals surface area contributed by atoms with Crippen molar-refractivity contribution in [3.05, 3.63) is 66.1 Å². The Bertz CT molecular complexity index is 930. The van der Waals surface area contributed by atoms with Gasteiger partial charge >= 0.3 is 6.61 Å². The van der Waals surface area contributed by atoms with Crippen molar-refractivity contribution in [2.75, 3.05) is 0 Å². The summed E-state index contributed by atoms with van der Waals surface area (Å²) in [5.74, 6) is 1.48. The number of hydrogen-bond donors (Lipinski definition) is 0. The van der Waals surface area contributed by atoms with Gasteiger partial charge in [-0.3, -0.25) is 0 Å². The van der Waals surface area contributed by atoms with Crippen LogP contribution in [0.4, 0.5) is 8.78 Å². The first-order chi connectivity index (χ1) is 13.7. The number of aromatic nitrogens is 2. The monoisotopic (exact) mass is 383 g/mol. The highest BCUT2D eigenvalue weighted by molar-refractivity contribution is 5.62. The first-order valence-corrected chi connectivity index (χ1v) is 9.94. The quantitative estimate of drug-likeness (QED) is 0.545. The van der Waals surface area contributed by atoms with Crippen LogP contribution in [0.15, 0.2) is 54.7 Å². The lowest BCUT2D eigenvalue weighted by atomic mass is 10.1. The summed E-state index contributed by atoms with van der Waals surface area (Å²) < 4.78 is 34.1. The first kappa shape index (κ1) is 18.7. The molecular weight excluding hydrogens is 358 g/mol. The Morgan fingerprint density at radius 3 is 2.43 bits per heavy atom. The van der Waals surface area contributed by atoms with Crippen LogP contribution < -0.4 is 9.30 Å². The molecule has 1 aromatic heterocycles. The minimum Gasteiger partial charge on any atom is -0.435 e. The number of ether oxygens (including phenoxy) is 1. The van der Waals surface area contributed by atoms with Crippen LogP contribution in [0.1, 0.15) is 37.6 Å². The van der Waals surface area contributed by atoms with Gasteiger partial charge in [0.05, 0.1) is 6.54 Å². The number of rotatable bonds is 5. The standard InChI is InChI=1S/C23H25F2N2O/c1-2-17-7-11-19(12-8-17)27-21(16-26-15-5-3-4-6-22(26)27)18-9-13-20(14-10-18)28-23(24)25/h7-14,16,23H,2-6,15H2,1H3/q+1. The van der Waals surface area contributed by atoms with Crippen molar-refractivity contribution in [1.82, 2.24) is 4.57 Å². The fraction of sp³-hybridized carbons (Fsp3) is 0.348. The van der Waals surface area contributed by atoms with Crippen molar-refractivity contribution >= 4 is 0 Å². The molecule has 0 unspecified atom stereocenters. The van der Waals surface area contributed by atoms with E-state index >= 15 is 0 Å². The van der Waals surface area contributed by atoms with Crippen molar-refractivity contribution in [3.8, 4) is 22.7 Å². The molecule has 0 bridgehead atoms. The van der Waals surface area contributed by atoms with Crippen molar-refractivity contribution in [2.24, 2.45) is 0 Å². The number of fused-ring (bicyclic) bond motifs is 1. The number of aryl methyl sites for hydroxylation is 2. The smallest absolute Gasteiger partial charge is 0.387 e. The predicted molar refractivity (Wildman–Crippen MR) is 105 cm³/mol. The van der Waals surface area contributed by atoms with Gasteiger partial charge in [-0.1, -0.05) is 19.1 Å². The van der Waals surface area contributed by atoms with Crippen molar-refractivity contribution < 1.29 is 18.1 Å². The molecule has 1 aliphatic rings. The van der Waals surface area contributed by atoms with Crippen LogP contribution in [0.5, 0.6) is 5.75 Å². The van der Waals surface area contributed by atoms with Gasteiger partial charge in [-0.2, -0.15) is 13.3 Å². The highest BCUT2D eigenvalue weighted by atomic mass is 19.3. The fourth-order valence-corrected chi connectivity index (χ4v) is 3.92. The van der Waals surface area contributed by atoms with E-state index in [-0.39, 0.29) is 5.75 Å². The van der Waals surface area contributed by atoms with E-state index in [1.165, 1.54) is 30.7 Å². The average molecular weight is 383 g/mol. The van der Waals surface area contributed by atoms with Gasteiger partial charge in [-0.05, 0) is 67.6 Å². The van der Waals surface area contributed by atoms with Crippen LogP contribution >= 0.6 is 0 Å². The second-order valence-electron chi connectivity index (χ2n) is 7.19.